The van der Waals surface area contributed by atoms with Crippen molar-refractivity contribution >= 4 is 16.0 Å². The number of nitrogens with one attached hydrogen (secondary N) is 1. The monoisotopic (exact) mass is 529 g/mol. The van der Waals surface area contributed by atoms with Gasteiger partial charge in [0.15, 0.2) is 11.5 Å². The van der Waals surface area contributed by atoms with E-state index in [1.807, 2.05) is 18.2 Å². The average molecular weight is 530 g/mol. The fourth-order valence-corrected chi connectivity index (χ4v) is 4.95. The van der Waals surface area contributed by atoms with Crippen molar-refractivity contribution in [2.45, 2.75) is 31.4 Å². The van der Waals surface area contributed by atoms with E-state index in [9.17, 15) is 18.3 Å². The SMILES string of the molecule is COc1cc(COc2ccc(-c3ccc(S(=O)(=O)NC(C(=O)O)C(C)C)cc3)cc2OC)cc(OC)c1. The lowest BCUT2D eigenvalue weighted by molar-refractivity contribution is -0.140. The van der Waals surface area contributed by atoms with Crippen molar-refractivity contribution in [1.82, 2.24) is 4.72 Å². The Labute approximate surface area is 217 Å². The minimum absolute atomic E-state index is 0.0243. The van der Waals surface area contributed by atoms with Gasteiger partial charge in [-0.1, -0.05) is 32.0 Å². The number of sulfonamides is 1. The van der Waals surface area contributed by atoms with Gasteiger partial charge in [-0.25, -0.2) is 8.42 Å². The Hall–Kier alpha value is -3.76. The van der Waals surface area contributed by atoms with Crippen molar-refractivity contribution in [3.05, 3.63) is 66.2 Å². The first-order valence-corrected chi connectivity index (χ1v) is 12.9. The van der Waals surface area contributed by atoms with Crippen LogP contribution in [-0.4, -0.2) is 46.9 Å². The molecule has 198 valence electrons. The highest BCUT2D eigenvalue weighted by molar-refractivity contribution is 7.89. The molecule has 3 rings (SSSR count). The summed E-state index contributed by atoms with van der Waals surface area (Å²) in [5, 5.41) is 9.31. The molecule has 3 aromatic carbocycles. The van der Waals surface area contributed by atoms with Crippen LogP contribution in [0.15, 0.2) is 65.6 Å². The molecule has 0 heterocycles. The van der Waals surface area contributed by atoms with Gasteiger partial charge < -0.3 is 24.1 Å². The minimum atomic E-state index is -4.01. The van der Waals surface area contributed by atoms with Crippen molar-refractivity contribution in [3.63, 3.8) is 0 Å². The molecule has 9 nitrogen and oxygen atoms in total. The molecular weight excluding hydrogens is 498 g/mol. The Balaban J connectivity index is 1.78. The van der Waals surface area contributed by atoms with E-state index in [2.05, 4.69) is 4.72 Å². The van der Waals surface area contributed by atoms with Gasteiger partial charge in [-0.05, 0) is 59.0 Å². The van der Waals surface area contributed by atoms with Crippen LogP contribution in [0, 0.1) is 5.92 Å². The summed E-state index contributed by atoms with van der Waals surface area (Å²) in [5.41, 5.74) is 2.39. The van der Waals surface area contributed by atoms with Gasteiger partial charge in [0.1, 0.15) is 24.1 Å². The molecule has 0 bridgehead atoms. The first-order valence-electron chi connectivity index (χ1n) is 11.5. The number of hydrogen-bond donors (Lipinski definition) is 2. The number of benzene rings is 3. The lowest BCUT2D eigenvalue weighted by Crippen LogP contribution is -2.44. The van der Waals surface area contributed by atoms with Crippen molar-refractivity contribution in [1.29, 1.82) is 0 Å². The van der Waals surface area contributed by atoms with Crippen LogP contribution < -0.4 is 23.7 Å². The number of rotatable bonds is 12. The van der Waals surface area contributed by atoms with E-state index >= 15 is 0 Å². The van der Waals surface area contributed by atoms with Crippen LogP contribution in [-0.2, 0) is 21.4 Å². The Kier molecular flexibility index (Phi) is 9.01. The third kappa shape index (κ3) is 6.93. The molecule has 0 fully saturated rings. The predicted octanol–water partition coefficient (Wildman–Crippen LogP) is 4.35. The van der Waals surface area contributed by atoms with E-state index in [1.165, 1.54) is 19.2 Å². The second-order valence-corrected chi connectivity index (χ2v) is 10.3. The molecule has 0 radical (unpaired) electrons. The van der Waals surface area contributed by atoms with Crippen molar-refractivity contribution in [2.75, 3.05) is 21.3 Å². The summed E-state index contributed by atoms with van der Waals surface area (Å²) < 4.78 is 49.7. The summed E-state index contributed by atoms with van der Waals surface area (Å²) in [4.78, 5) is 11.4. The van der Waals surface area contributed by atoms with Gasteiger partial charge in [0.2, 0.25) is 10.0 Å². The topological polar surface area (TPSA) is 120 Å². The predicted molar refractivity (Wildman–Crippen MR) is 139 cm³/mol. The third-order valence-electron chi connectivity index (χ3n) is 5.68. The zero-order valence-electron chi connectivity index (χ0n) is 21.3. The summed E-state index contributed by atoms with van der Waals surface area (Å²) in [5.74, 6) is 0.713. The average Bonchev–Trinajstić information content (AvgIpc) is 2.89. The zero-order valence-corrected chi connectivity index (χ0v) is 22.2. The lowest BCUT2D eigenvalue weighted by Gasteiger charge is -2.18. The number of carboxylic acid groups (broad SMARTS) is 1. The van der Waals surface area contributed by atoms with Crippen LogP contribution in [0.1, 0.15) is 19.4 Å². The number of carbonyl (C=O) groups is 1. The summed E-state index contributed by atoms with van der Waals surface area (Å²) in [7, 11) is 0.695. The summed E-state index contributed by atoms with van der Waals surface area (Å²) in [6.45, 7) is 3.54. The highest BCUT2D eigenvalue weighted by Gasteiger charge is 2.28. The van der Waals surface area contributed by atoms with Gasteiger partial charge in [-0.2, -0.15) is 4.72 Å². The summed E-state index contributed by atoms with van der Waals surface area (Å²) in [6, 6.07) is 15.8. The fourth-order valence-electron chi connectivity index (χ4n) is 3.61. The van der Waals surface area contributed by atoms with Crippen LogP contribution in [0.5, 0.6) is 23.0 Å². The first-order chi connectivity index (χ1) is 17.6. The summed E-state index contributed by atoms with van der Waals surface area (Å²) >= 11 is 0. The highest BCUT2D eigenvalue weighted by atomic mass is 32.2. The number of aliphatic carboxylic acids is 1. The van der Waals surface area contributed by atoms with Crippen LogP contribution in [0.2, 0.25) is 0 Å². The van der Waals surface area contributed by atoms with E-state index in [0.29, 0.717) is 23.0 Å². The number of methoxy groups -OCH3 is 3. The molecule has 3 aromatic rings. The van der Waals surface area contributed by atoms with Gasteiger partial charge in [-0.15, -0.1) is 0 Å². The standard InChI is InChI=1S/C27H31NO8S/c1-17(2)26(27(29)30)28-37(31,32)23-9-6-19(7-10-23)20-8-11-24(25(14-20)35-5)36-16-18-12-21(33-3)15-22(13-18)34-4/h6-15,17,26,28H,16H2,1-5H3,(H,29,30). The number of carboxylic acids is 1. The highest BCUT2D eigenvalue weighted by Crippen LogP contribution is 2.34. The third-order valence-corrected chi connectivity index (χ3v) is 7.14. The van der Waals surface area contributed by atoms with Crippen molar-refractivity contribution in [2.24, 2.45) is 5.92 Å². The van der Waals surface area contributed by atoms with Crippen LogP contribution >= 0.6 is 0 Å². The molecule has 1 unspecified atom stereocenters. The normalized spacial score (nSPS) is 12.2. The maximum atomic E-state index is 12.7. The van der Waals surface area contributed by atoms with Crippen LogP contribution in [0.3, 0.4) is 0 Å². The smallest absolute Gasteiger partial charge is 0.322 e. The Morgan fingerprint density at radius 1 is 0.838 bits per heavy atom. The molecule has 37 heavy (non-hydrogen) atoms. The molecule has 0 amide bonds. The van der Waals surface area contributed by atoms with Crippen LogP contribution in [0.25, 0.3) is 11.1 Å². The molecule has 0 saturated carbocycles. The molecule has 1 atom stereocenters. The maximum Gasteiger partial charge on any atom is 0.322 e. The lowest BCUT2D eigenvalue weighted by atomic mass is 10.1. The Bertz CT molecular complexity index is 1310. The molecule has 2 N–H and O–H groups in total. The van der Waals surface area contributed by atoms with E-state index in [4.69, 9.17) is 18.9 Å². The Morgan fingerprint density at radius 3 is 1.95 bits per heavy atom. The van der Waals surface area contributed by atoms with Gasteiger partial charge in [0.05, 0.1) is 26.2 Å². The molecule has 0 aliphatic carbocycles. The van der Waals surface area contributed by atoms with Crippen molar-refractivity contribution in [3.8, 4) is 34.1 Å². The van der Waals surface area contributed by atoms with E-state index in [-0.39, 0.29) is 11.5 Å². The maximum absolute atomic E-state index is 12.7. The molecule has 0 aliphatic rings. The molecule has 0 spiro atoms. The largest absolute Gasteiger partial charge is 0.497 e. The molecular formula is C27H31NO8S. The zero-order chi connectivity index (χ0) is 27.2. The second-order valence-electron chi connectivity index (χ2n) is 8.58. The van der Waals surface area contributed by atoms with Gasteiger partial charge in [-0.3, -0.25) is 4.79 Å². The summed E-state index contributed by atoms with van der Waals surface area (Å²) in [6.07, 6.45) is 0. The fraction of sp³-hybridized carbons (Fsp3) is 0.296. The molecule has 0 saturated heterocycles. The first kappa shape index (κ1) is 27.8. The van der Waals surface area contributed by atoms with E-state index in [1.54, 1.807) is 58.4 Å². The molecule has 0 aromatic heterocycles. The quantitative estimate of drug-likeness (QED) is 0.355. The van der Waals surface area contributed by atoms with Gasteiger partial charge in [0, 0.05) is 6.07 Å². The van der Waals surface area contributed by atoms with E-state index < -0.39 is 28.0 Å². The molecule has 0 aliphatic heterocycles. The number of hydrogen-bond acceptors (Lipinski definition) is 7. The molecule has 10 heteroatoms. The Morgan fingerprint density at radius 2 is 1.43 bits per heavy atom. The van der Waals surface area contributed by atoms with Gasteiger partial charge >= 0.3 is 5.97 Å². The van der Waals surface area contributed by atoms with E-state index in [0.717, 1.165) is 16.7 Å². The minimum Gasteiger partial charge on any atom is -0.497 e. The van der Waals surface area contributed by atoms with Crippen LogP contribution in [0.4, 0.5) is 0 Å². The second kappa shape index (κ2) is 12.0. The number of ether oxygens (including phenoxy) is 4. The van der Waals surface area contributed by atoms with Gasteiger partial charge in [0.25, 0.3) is 0 Å². The van der Waals surface area contributed by atoms with Crippen molar-refractivity contribution < 1.29 is 37.3 Å².